The number of ether oxygens (including phenoxy) is 1. The standard InChI is InChI=1S/C17H24N2O2/c1-5-17(20)19-15(11-18-12(2)13(3)21-4)10-14-8-6-7-9-16(14)19/h6-9,11-13,15H,5,10H2,1-4H3/b18-11-/t12?,13-,15+/m1/s1. The van der Waals surface area contributed by atoms with Crippen molar-refractivity contribution >= 4 is 17.8 Å². The summed E-state index contributed by atoms with van der Waals surface area (Å²) in [7, 11) is 1.69. The molecule has 4 heteroatoms. The number of carbonyl (C=O) groups is 1. The molecule has 1 unspecified atom stereocenters. The molecule has 0 radical (unpaired) electrons. The van der Waals surface area contributed by atoms with Crippen LogP contribution in [-0.4, -0.2) is 37.4 Å². The Balaban J connectivity index is 2.20. The second-order valence-electron chi connectivity index (χ2n) is 5.50. The van der Waals surface area contributed by atoms with Gasteiger partial charge in [0.2, 0.25) is 5.91 Å². The minimum absolute atomic E-state index is 0.0151. The van der Waals surface area contributed by atoms with Crippen LogP contribution in [0.1, 0.15) is 32.8 Å². The first-order chi connectivity index (χ1) is 10.1. The first-order valence-corrected chi connectivity index (χ1v) is 7.54. The number of methoxy groups -OCH3 is 1. The smallest absolute Gasteiger partial charge is 0.227 e. The van der Waals surface area contributed by atoms with E-state index in [-0.39, 0.29) is 24.1 Å². The molecule has 1 aromatic carbocycles. The Morgan fingerprint density at radius 2 is 2.19 bits per heavy atom. The molecule has 4 nitrogen and oxygen atoms in total. The largest absolute Gasteiger partial charge is 0.380 e. The molecule has 0 N–H and O–H groups in total. The number of hydrogen-bond donors (Lipinski definition) is 0. The van der Waals surface area contributed by atoms with Gasteiger partial charge in [0.1, 0.15) is 0 Å². The van der Waals surface area contributed by atoms with Gasteiger partial charge in [-0.2, -0.15) is 0 Å². The highest BCUT2D eigenvalue weighted by atomic mass is 16.5. The van der Waals surface area contributed by atoms with Gasteiger partial charge in [-0.05, 0) is 25.5 Å². The number of hydrogen-bond acceptors (Lipinski definition) is 3. The summed E-state index contributed by atoms with van der Waals surface area (Å²) in [5, 5.41) is 0. The van der Waals surface area contributed by atoms with Gasteiger partial charge in [-0.3, -0.25) is 9.79 Å². The molecule has 0 bridgehead atoms. The first kappa shape index (κ1) is 15.7. The summed E-state index contributed by atoms with van der Waals surface area (Å²) < 4.78 is 5.29. The van der Waals surface area contributed by atoms with E-state index in [4.69, 9.17) is 4.74 Å². The van der Waals surface area contributed by atoms with Crippen LogP contribution >= 0.6 is 0 Å². The molecule has 1 aliphatic rings. The van der Waals surface area contributed by atoms with Crippen molar-refractivity contribution in [3.8, 4) is 0 Å². The molecule has 1 aromatic rings. The van der Waals surface area contributed by atoms with Gasteiger partial charge >= 0.3 is 0 Å². The zero-order chi connectivity index (χ0) is 15.4. The Bertz CT molecular complexity index is 527. The van der Waals surface area contributed by atoms with Gasteiger partial charge in [-0.15, -0.1) is 0 Å². The second kappa shape index (κ2) is 6.85. The molecule has 1 amide bonds. The monoisotopic (exact) mass is 288 g/mol. The molecule has 1 aliphatic heterocycles. The second-order valence-corrected chi connectivity index (χ2v) is 5.50. The Hall–Kier alpha value is -1.68. The fourth-order valence-electron chi connectivity index (χ4n) is 2.58. The predicted molar refractivity (Wildman–Crippen MR) is 86.1 cm³/mol. The average molecular weight is 288 g/mol. The molecule has 0 saturated heterocycles. The summed E-state index contributed by atoms with van der Waals surface area (Å²) >= 11 is 0. The summed E-state index contributed by atoms with van der Waals surface area (Å²) in [6, 6.07) is 8.18. The third-order valence-electron chi connectivity index (χ3n) is 4.13. The van der Waals surface area contributed by atoms with Crippen LogP contribution in [0.3, 0.4) is 0 Å². The number of para-hydroxylation sites is 1. The molecule has 1 heterocycles. The number of rotatable bonds is 5. The van der Waals surface area contributed by atoms with Crippen LogP contribution in [0, 0.1) is 0 Å². The molecule has 114 valence electrons. The minimum atomic E-state index is 0.0151. The number of benzene rings is 1. The summed E-state index contributed by atoms with van der Waals surface area (Å²) in [4.78, 5) is 18.7. The van der Waals surface area contributed by atoms with Gasteiger partial charge < -0.3 is 9.64 Å². The van der Waals surface area contributed by atoms with Gasteiger partial charge in [0, 0.05) is 31.9 Å². The Kier molecular flexibility index (Phi) is 5.12. The van der Waals surface area contributed by atoms with Gasteiger partial charge in [0.25, 0.3) is 0 Å². The predicted octanol–water partition coefficient (Wildman–Crippen LogP) is 2.85. The molecule has 21 heavy (non-hydrogen) atoms. The van der Waals surface area contributed by atoms with Crippen LogP contribution in [0.2, 0.25) is 0 Å². The van der Waals surface area contributed by atoms with Crippen molar-refractivity contribution in [3.63, 3.8) is 0 Å². The number of carbonyl (C=O) groups excluding carboxylic acids is 1. The zero-order valence-electron chi connectivity index (χ0n) is 13.2. The van der Waals surface area contributed by atoms with Crippen LogP contribution in [0.15, 0.2) is 29.3 Å². The van der Waals surface area contributed by atoms with Crippen molar-refractivity contribution in [1.29, 1.82) is 0 Å². The van der Waals surface area contributed by atoms with E-state index in [0.717, 1.165) is 12.1 Å². The molecule has 0 spiro atoms. The van der Waals surface area contributed by atoms with E-state index in [1.807, 2.05) is 50.1 Å². The van der Waals surface area contributed by atoms with Crippen molar-refractivity contribution in [1.82, 2.24) is 0 Å². The zero-order valence-corrected chi connectivity index (χ0v) is 13.2. The fourth-order valence-corrected chi connectivity index (χ4v) is 2.58. The molecule has 0 aromatic heterocycles. The first-order valence-electron chi connectivity index (χ1n) is 7.54. The third kappa shape index (κ3) is 3.32. The molecule has 2 rings (SSSR count). The minimum Gasteiger partial charge on any atom is -0.380 e. The van der Waals surface area contributed by atoms with Crippen molar-refractivity contribution < 1.29 is 9.53 Å². The summed E-state index contributed by atoms with van der Waals surface area (Å²) in [6.07, 6.45) is 3.32. The van der Waals surface area contributed by atoms with Crippen molar-refractivity contribution in [2.24, 2.45) is 4.99 Å². The van der Waals surface area contributed by atoms with E-state index in [1.54, 1.807) is 7.11 Å². The van der Waals surface area contributed by atoms with Gasteiger partial charge in [-0.25, -0.2) is 0 Å². The van der Waals surface area contributed by atoms with Crippen molar-refractivity contribution in [2.45, 2.75) is 51.8 Å². The lowest BCUT2D eigenvalue weighted by Gasteiger charge is -2.23. The van der Waals surface area contributed by atoms with E-state index >= 15 is 0 Å². The van der Waals surface area contributed by atoms with Crippen LogP contribution in [0.5, 0.6) is 0 Å². The lowest BCUT2D eigenvalue weighted by atomic mass is 10.1. The van der Waals surface area contributed by atoms with E-state index in [1.165, 1.54) is 5.56 Å². The number of nitrogens with zero attached hydrogens (tertiary/aromatic N) is 2. The Morgan fingerprint density at radius 1 is 1.48 bits per heavy atom. The summed E-state index contributed by atoms with van der Waals surface area (Å²) in [6.45, 7) is 5.92. The fraction of sp³-hybridized carbons (Fsp3) is 0.529. The van der Waals surface area contributed by atoms with Crippen molar-refractivity contribution in [2.75, 3.05) is 12.0 Å². The van der Waals surface area contributed by atoms with E-state index < -0.39 is 0 Å². The Morgan fingerprint density at radius 3 is 2.86 bits per heavy atom. The third-order valence-corrected chi connectivity index (χ3v) is 4.13. The van der Waals surface area contributed by atoms with Crippen LogP contribution < -0.4 is 4.90 Å². The molecule has 3 atom stereocenters. The maximum atomic E-state index is 12.3. The molecule has 0 aliphatic carbocycles. The Labute approximate surface area is 126 Å². The maximum Gasteiger partial charge on any atom is 0.227 e. The van der Waals surface area contributed by atoms with Crippen molar-refractivity contribution in [3.05, 3.63) is 29.8 Å². The lowest BCUT2D eigenvalue weighted by molar-refractivity contribution is -0.118. The number of amides is 1. The maximum absolute atomic E-state index is 12.3. The highest BCUT2D eigenvalue weighted by molar-refractivity contribution is 6.00. The number of aliphatic imine (C=N–C) groups is 1. The van der Waals surface area contributed by atoms with Gasteiger partial charge in [-0.1, -0.05) is 25.1 Å². The average Bonchev–Trinajstić information content (AvgIpc) is 2.89. The number of fused-ring (bicyclic) bond motifs is 1. The topological polar surface area (TPSA) is 41.9 Å². The van der Waals surface area contributed by atoms with E-state index in [9.17, 15) is 4.79 Å². The molecule has 0 saturated carbocycles. The summed E-state index contributed by atoms with van der Waals surface area (Å²) in [5.74, 6) is 0.142. The van der Waals surface area contributed by atoms with Crippen LogP contribution in [-0.2, 0) is 16.0 Å². The quantitative estimate of drug-likeness (QED) is 0.782. The van der Waals surface area contributed by atoms with E-state index in [0.29, 0.717) is 6.42 Å². The van der Waals surface area contributed by atoms with Crippen LogP contribution in [0.4, 0.5) is 5.69 Å². The lowest BCUT2D eigenvalue weighted by Crippen LogP contribution is -2.38. The van der Waals surface area contributed by atoms with Gasteiger partial charge in [0.15, 0.2) is 0 Å². The molecular formula is C17H24N2O2. The highest BCUT2D eigenvalue weighted by Gasteiger charge is 2.31. The van der Waals surface area contributed by atoms with E-state index in [2.05, 4.69) is 11.1 Å². The molecular weight excluding hydrogens is 264 g/mol. The SMILES string of the molecule is CCC(=O)N1c2ccccc2C[C@H]1/C=N\C(C)[C@@H](C)OC. The van der Waals surface area contributed by atoms with Gasteiger partial charge in [0.05, 0.1) is 18.2 Å². The summed E-state index contributed by atoms with van der Waals surface area (Å²) in [5.41, 5.74) is 2.23. The highest BCUT2D eigenvalue weighted by Crippen LogP contribution is 2.31. The number of anilines is 1. The van der Waals surface area contributed by atoms with Crippen LogP contribution in [0.25, 0.3) is 0 Å². The molecule has 0 fully saturated rings. The normalized spacial score (nSPS) is 20.6.